The van der Waals surface area contributed by atoms with Gasteiger partial charge in [-0.3, -0.25) is 0 Å². The van der Waals surface area contributed by atoms with Crippen LogP contribution in [0.15, 0.2) is 6.07 Å². The van der Waals surface area contributed by atoms with Crippen molar-refractivity contribution >= 4 is 29.1 Å². The zero-order valence-electron chi connectivity index (χ0n) is 14.2. The van der Waals surface area contributed by atoms with E-state index in [1.54, 1.807) is 0 Å². The molecule has 2 fully saturated rings. The van der Waals surface area contributed by atoms with Crippen LogP contribution < -0.4 is 15.5 Å². The first-order valence-corrected chi connectivity index (χ1v) is 8.90. The molecule has 5 nitrogen and oxygen atoms in total. The number of rotatable bonds is 3. The number of aromatic nitrogens is 2. The first kappa shape index (κ1) is 18.2. The fraction of sp³-hybridized carbons (Fsp3) is 0.688. The third-order valence-electron chi connectivity index (χ3n) is 4.33. The molecule has 0 amide bonds. The molecule has 9 heteroatoms. The summed E-state index contributed by atoms with van der Waals surface area (Å²) in [5, 5.41) is 5.98. The molecule has 138 valence electrons. The molecule has 2 unspecified atom stereocenters. The minimum atomic E-state index is -4.54. The third kappa shape index (κ3) is 4.93. The van der Waals surface area contributed by atoms with Crippen LogP contribution in [-0.4, -0.2) is 34.2 Å². The lowest BCUT2D eigenvalue weighted by atomic mass is 9.92. The number of halogens is 3. The Labute approximate surface area is 150 Å². The number of alkyl halides is 3. The van der Waals surface area contributed by atoms with E-state index in [4.69, 9.17) is 12.2 Å². The normalized spacial score (nSPS) is 24.1. The maximum absolute atomic E-state index is 13.2. The summed E-state index contributed by atoms with van der Waals surface area (Å²) >= 11 is 5.13. The summed E-state index contributed by atoms with van der Waals surface area (Å²) in [6, 6.07) is 1.32. The average Bonchev–Trinajstić information content (AvgIpc) is 3.28. The summed E-state index contributed by atoms with van der Waals surface area (Å²) in [5.74, 6) is 0.982. The SMILES string of the molecule is CC1CC(C)CN(c2cc(C(F)(F)F)nc(NC(=S)NC3CC3)n2)C1. The number of thiocarbonyl (C=S) groups is 1. The summed E-state index contributed by atoms with van der Waals surface area (Å²) in [6.07, 6.45) is -1.44. The summed E-state index contributed by atoms with van der Waals surface area (Å²) in [4.78, 5) is 9.79. The third-order valence-corrected chi connectivity index (χ3v) is 4.55. The number of hydrogen-bond acceptors (Lipinski definition) is 4. The van der Waals surface area contributed by atoms with E-state index >= 15 is 0 Å². The Bertz CT molecular complexity index is 637. The molecule has 25 heavy (non-hydrogen) atoms. The smallest absolute Gasteiger partial charge is 0.360 e. The van der Waals surface area contributed by atoms with Crippen molar-refractivity contribution in [3.05, 3.63) is 11.8 Å². The van der Waals surface area contributed by atoms with Gasteiger partial charge >= 0.3 is 6.18 Å². The molecule has 0 spiro atoms. The second-order valence-corrected chi connectivity index (χ2v) is 7.56. The van der Waals surface area contributed by atoms with Crippen molar-refractivity contribution in [2.24, 2.45) is 11.8 Å². The molecule has 1 saturated carbocycles. The highest BCUT2D eigenvalue weighted by molar-refractivity contribution is 7.80. The monoisotopic (exact) mass is 373 g/mol. The van der Waals surface area contributed by atoms with Gasteiger partial charge in [-0.1, -0.05) is 13.8 Å². The van der Waals surface area contributed by atoms with Gasteiger partial charge in [0, 0.05) is 25.2 Å². The average molecular weight is 373 g/mol. The molecule has 3 rings (SSSR count). The van der Waals surface area contributed by atoms with Crippen LogP contribution in [-0.2, 0) is 6.18 Å². The van der Waals surface area contributed by atoms with Crippen LogP contribution in [0.3, 0.4) is 0 Å². The van der Waals surface area contributed by atoms with Gasteiger partial charge < -0.3 is 15.5 Å². The molecular weight excluding hydrogens is 351 g/mol. The number of nitrogens with zero attached hydrogens (tertiary/aromatic N) is 3. The molecule has 2 aliphatic rings. The minimum Gasteiger partial charge on any atom is -0.360 e. The first-order chi connectivity index (χ1) is 11.7. The van der Waals surface area contributed by atoms with E-state index in [-0.39, 0.29) is 16.9 Å². The van der Waals surface area contributed by atoms with Crippen molar-refractivity contribution in [2.45, 2.75) is 45.3 Å². The largest absolute Gasteiger partial charge is 0.433 e. The highest BCUT2D eigenvalue weighted by atomic mass is 32.1. The number of piperidine rings is 1. The van der Waals surface area contributed by atoms with Crippen LogP contribution >= 0.6 is 12.2 Å². The van der Waals surface area contributed by atoms with Gasteiger partial charge in [-0.2, -0.15) is 18.2 Å². The molecule has 2 N–H and O–H groups in total. The molecular formula is C16H22F3N5S. The van der Waals surface area contributed by atoms with Crippen molar-refractivity contribution in [3.63, 3.8) is 0 Å². The highest BCUT2D eigenvalue weighted by Gasteiger charge is 2.35. The molecule has 0 radical (unpaired) electrons. The number of nitrogens with one attached hydrogen (secondary N) is 2. The molecule has 1 aromatic heterocycles. The van der Waals surface area contributed by atoms with Gasteiger partial charge in [0.15, 0.2) is 10.8 Å². The van der Waals surface area contributed by atoms with Gasteiger partial charge in [0.2, 0.25) is 5.95 Å². The fourth-order valence-electron chi connectivity index (χ4n) is 3.20. The van der Waals surface area contributed by atoms with Crippen LogP contribution in [0, 0.1) is 11.8 Å². The van der Waals surface area contributed by atoms with Gasteiger partial charge in [0.1, 0.15) is 5.82 Å². The maximum Gasteiger partial charge on any atom is 0.433 e. The zero-order valence-corrected chi connectivity index (χ0v) is 15.0. The van der Waals surface area contributed by atoms with E-state index in [1.165, 1.54) is 0 Å². The second kappa shape index (κ2) is 6.93. The van der Waals surface area contributed by atoms with Gasteiger partial charge in [0.05, 0.1) is 0 Å². The predicted octanol–water partition coefficient (Wildman–Crippen LogP) is 3.43. The summed E-state index contributed by atoms with van der Waals surface area (Å²) in [5.41, 5.74) is -0.958. The molecule has 1 saturated heterocycles. The Morgan fingerprint density at radius 3 is 2.40 bits per heavy atom. The quantitative estimate of drug-likeness (QED) is 0.792. The molecule has 1 aliphatic carbocycles. The van der Waals surface area contributed by atoms with Crippen molar-refractivity contribution in [3.8, 4) is 0 Å². The molecule has 1 aromatic rings. The zero-order chi connectivity index (χ0) is 18.2. The van der Waals surface area contributed by atoms with Gasteiger partial charge in [-0.05, 0) is 43.3 Å². The number of anilines is 2. The Hall–Kier alpha value is -1.64. The van der Waals surface area contributed by atoms with Gasteiger partial charge in [0.25, 0.3) is 0 Å². The Morgan fingerprint density at radius 2 is 1.84 bits per heavy atom. The summed E-state index contributed by atoms with van der Waals surface area (Å²) in [6.45, 7) is 5.57. The van der Waals surface area contributed by atoms with Crippen LogP contribution in [0.4, 0.5) is 24.9 Å². The van der Waals surface area contributed by atoms with E-state index in [9.17, 15) is 13.2 Å². The molecule has 0 aromatic carbocycles. The first-order valence-electron chi connectivity index (χ1n) is 8.49. The fourth-order valence-corrected chi connectivity index (χ4v) is 3.46. The van der Waals surface area contributed by atoms with E-state index in [1.807, 2.05) is 4.90 Å². The number of hydrogen-bond donors (Lipinski definition) is 2. The Morgan fingerprint density at radius 1 is 1.20 bits per heavy atom. The van der Waals surface area contributed by atoms with Crippen LogP contribution in [0.2, 0.25) is 0 Å². The van der Waals surface area contributed by atoms with Crippen LogP contribution in [0.5, 0.6) is 0 Å². The molecule has 2 heterocycles. The van der Waals surface area contributed by atoms with E-state index < -0.39 is 11.9 Å². The lowest BCUT2D eigenvalue weighted by molar-refractivity contribution is -0.141. The summed E-state index contributed by atoms with van der Waals surface area (Å²) < 4.78 is 39.7. The van der Waals surface area contributed by atoms with Crippen LogP contribution in [0.1, 0.15) is 38.8 Å². The van der Waals surface area contributed by atoms with Crippen molar-refractivity contribution in [1.29, 1.82) is 0 Å². The van der Waals surface area contributed by atoms with Crippen LogP contribution in [0.25, 0.3) is 0 Å². The lowest BCUT2D eigenvalue weighted by Crippen LogP contribution is -2.39. The molecule has 0 bridgehead atoms. The van der Waals surface area contributed by atoms with E-state index in [2.05, 4.69) is 34.4 Å². The highest BCUT2D eigenvalue weighted by Crippen LogP contribution is 2.32. The topological polar surface area (TPSA) is 53.1 Å². The Kier molecular flexibility index (Phi) is 5.04. The van der Waals surface area contributed by atoms with Gasteiger partial charge in [-0.15, -0.1) is 0 Å². The molecule has 2 atom stereocenters. The van der Waals surface area contributed by atoms with Crippen molar-refractivity contribution < 1.29 is 13.2 Å². The standard InChI is InChI=1S/C16H22F3N5S/c1-9-5-10(2)8-24(7-9)13-6-12(16(17,18)19)21-14(22-13)23-15(25)20-11-3-4-11/h6,9-11H,3-5,7-8H2,1-2H3,(H2,20,21,22,23,25). The minimum absolute atomic E-state index is 0.117. The molecule has 1 aliphatic heterocycles. The van der Waals surface area contributed by atoms with E-state index in [0.717, 1.165) is 25.3 Å². The Balaban J connectivity index is 1.85. The summed E-state index contributed by atoms with van der Waals surface area (Å²) in [7, 11) is 0. The predicted molar refractivity (Wildman–Crippen MR) is 94.6 cm³/mol. The van der Waals surface area contributed by atoms with Gasteiger partial charge in [-0.25, -0.2) is 4.98 Å². The van der Waals surface area contributed by atoms with Crippen molar-refractivity contribution in [2.75, 3.05) is 23.3 Å². The van der Waals surface area contributed by atoms with E-state index in [0.29, 0.717) is 31.0 Å². The maximum atomic E-state index is 13.2. The second-order valence-electron chi connectivity index (χ2n) is 7.16. The lowest BCUT2D eigenvalue weighted by Gasteiger charge is -2.36. The van der Waals surface area contributed by atoms with Crippen molar-refractivity contribution in [1.82, 2.24) is 15.3 Å².